The molecule has 0 fully saturated rings. The van der Waals surface area contributed by atoms with E-state index < -0.39 is 23.4 Å². The number of carbonyl (C=O) groups is 3. The minimum absolute atomic E-state index is 0.129. The summed E-state index contributed by atoms with van der Waals surface area (Å²) in [6, 6.07) is 13.3. The molecule has 2 unspecified atom stereocenters. The largest absolute Gasteiger partial charge is 0.493 e. The van der Waals surface area contributed by atoms with Gasteiger partial charge in [0.2, 0.25) is 17.7 Å². The first kappa shape index (κ1) is 33.2. The van der Waals surface area contributed by atoms with E-state index in [0.29, 0.717) is 40.8 Å². The molecule has 3 amide bonds. The summed E-state index contributed by atoms with van der Waals surface area (Å²) in [5.74, 6) is 0.706. The number of aryl methyl sites for hydroxylation is 1. The van der Waals surface area contributed by atoms with Gasteiger partial charge < -0.3 is 24.6 Å². The van der Waals surface area contributed by atoms with E-state index in [1.54, 1.807) is 31.2 Å². The second-order valence-corrected chi connectivity index (χ2v) is 11.2. The minimum atomic E-state index is -1.13. The van der Waals surface area contributed by atoms with Crippen LogP contribution in [0.4, 0.5) is 11.5 Å². The van der Waals surface area contributed by atoms with E-state index in [0.717, 1.165) is 12.0 Å². The summed E-state index contributed by atoms with van der Waals surface area (Å²) in [6.07, 6.45) is 1.33. The Morgan fingerprint density at radius 2 is 1.72 bits per heavy atom. The molecule has 1 heterocycles. The van der Waals surface area contributed by atoms with E-state index in [2.05, 4.69) is 29.6 Å². The molecule has 10 nitrogen and oxygen atoms in total. The lowest BCUT2D eigenvalue weighted by Gasteiger charge is -2.35. The van der Waals surface area contributed by atoms with E-state index in [1.165, 1.54) is 19.1 Å². The van der Waals surface area contributed by atoms with Crippen LogP contribution in [-0.2, 0) is 14.4 Å². The number of nitrogens with one attached hydrogen (secondary N) is 2. The number of hydrogen-bond donors (Lipinski definition) is 2. The van der Waals surface area contributed by atoms with Crippen molar-refractivity contribution in [1.29, 1.82) is 0 Å². The van der Waals surface area contributed by atoms with Crippen LogP contribution in [-0.4, -0.2) is 42.6 Å². The van der Waals surface area contributed by atoms with Gasteiger partial charge in [0.05, 0.1) is 14.2 Å². The Morgan fingerprint density at radius 3 is 2.28 bits per heavy atom. The van der Waals surface area contributed by atoms with E-state index in [9.17, 15) is 14.4 Å². The van der Waals surface area contributed by atoms with Gasteiger partial charge in [-0.2, -0.15) is 0 Å². The summed E-state index contributed by atoms with van der Waals surface area (Å²) < 4.78 is 16.3. The van der Waals surface area contributed by atoms with Crippen molar-refractivity contribution >= 4 is 29.2 Å². The van der Waals surface area contributed by atoms with Gasteiger partial charge in [0, 0.05) is 35.7 Å². The number of aromatic nitrogens is 1. The van der Waals surface area contributed by atoms with Crippen LogP contribution in [0.5, 0.6) is 11.5 Å². The molecule has 0 bridgehead atoms. The van der Waals surface area contributed by atoms with E-state index in [-0.39, 0.29) is 24.6 Å². The zero-order valence-corrected chi connectivity index (χ0v) is 26.4. The molecule has 1 aromatic heterocycles. The zero-order chi connectivity index (χ0) is 31.7. The average Bonchev–Trinajstić information content (AvgIpc) is 3.41. The summed E-state index contributed by atoms with van der Waals surface area (Å²) in [7, 11) is 3.01. The third-order valence-corrected chi connectivity index (χ3v) is 7.66. The van der Waals surface area contributed by atoms with Crippen LogP contribution in [0.25, 0.3) is 0 Å². The van der Waals surface area contributed by atoms with Crippen molar-refractivity contribution in [2.45, 2.75) is 84.7 Å². The first-order valence-electron chi connectivity index (χ1n) is 14.6. The van der Waals surface area contributed by atoms with Crippen molar-refractivity contribution in [2.24, 2.45) is 0 Å². The SMILES string of the molecule is CCC(C)c1ccc(N(C(=O)CCC(=O)Nc2cc(C)on2)C(C(=O)NC(C)(C)CC)c2cccc(OC)c2OC)cc1. The standard InChI is InChI=1S/C33H44N4O6/c1-9-21(3)23-14-16-24(17-15-23)37(29(39)19-18-28(38)34-27-20-22(4)43-36-27)30(32(40)35-33(5,6)10-2)25-12-11-13-26(41-7)31(25)42-8/h11-17,20-21,30H,9-10,18-19H2,1-8H3,(H,35,40)(H,34,36,38). The van der Waals surface area contributed by atoms with Crippen LogP contribution in [0, 0.1) is 6.92 Å². The number of methoxy groups -OCH3 is 2. The topological polar surface area (TPSA) is 123 Å². The first-order chi connectivity index (χ1) is 20.4. The molecule has 2 N–H and O–H groups in total. The number of carbonyl (C=O) groups excluding carboxylic acids is 3. The zero-order valence-electron chi connectivity index (χ0n) is 26.4. The van der Waals surface area contributed by atoms with Gasteiger partial charge in [0.15, 0.2) is 17.3 Å². The van der Waals surface area contributed by atoms with Crippen molar-refractivity contribution < 1.29 is 28.4 Å². The lowest BCUT2D eigenvalue weighted by molar-refractivity contribution is -0.128. The molecule has 0 saturated carbocycles. The molecule has 3 rings (SSSR count). The molecule has 43 heavy (non-hydrogen) atoms. The van der Waals surface area contributed by atoms with Crippen molar-refractivity contribution in [3.8, 4) is 11.5 Å². The highest BCUT2D eigenvalue weighted by molar-refractivity contribution is 6.03. The van der Waals surface area contributed by atoms with Gasteiger partial charge in [-0.1, -0.05) is 50.2 Å². The van der Waals surface area contributed by atoms with Gasteiger partial charge >= 0.3 is 0 Å². The number of ether oxygens (including phenoxy) is 2. The Kier molecular flexibility index (Phi) is 11.3. The normalized spacial score (nSPS) is 12.7. The predicted octanol–water partition coefficient (Wildman–Crippen LogP) is 6.31. The second-order valence-electron chi connectivity index (χ2n) is 11.2. The highest BCUT2D eigenvalue weighted by Gasteiger charge is 2.37. The summed E-state index contributed by atoms with van der Waals surface area (Å²) in [5, 5.41) is 9.54. The molecule has 10 heteroatoms. The Bertz CT molecular complexity index is 1400. The van der Waals surface area contributed by atoms with Crippen LogP contribution in [0.3, 0.4) is 0 Å². The maximum atomic E-state index is 14.2. The number of benzene rings is 2. The molecule has 232 valence electrons. The fraction of sp³-hybridized carbons (Fsp3) is 0.455. The maximum Gasteiger partial charge on any atom is 0.248 e. The Balaban J connectivity index is 2.10. The van der Waals surface area contributed by atoms with Gasteiger partial charge in [0.1, 0.15) is 11.8 Å². The summed E-state index contributed by atoms with van der Waals surface area (Å²) in [5.41, 5.74) is 1.54. The molecule has 0 spiro atoms. The highest BCUT2D eigenvalue weighted by Crippen LogP contribution is 2.40. The molecular formula is C33H44N4O6. The van der Waals surface area contributed by atoms with Crippen LogP contribution in [0.1, 0.15) is 89.1 Å². The fourth-order valence-corrected chi connectivity index (χ4v) is 4.62. The summed E-state index contributed by atoms with van der Waals surface area (Å²) >= 11 is 0. The second kappa shape index (κ2) is 14.7. The number of amides is 3. The maximum absolute atomic E-state index is 14.2. The lowest BCUT2D eigenvalue weighted by atomic mass is 9.96. The Morgan fingerprint density at radius 1 is 1.02 bits per heavy atom. The molecule has 2 aromatic carbocycles. The number of nitrogens with zero attached hydrogens (tertiary/aromatic N) is 2. The summed E-state index contributed by atoms with van der Waals surface area (Å²) in [6.45, 7) is 11.8. The molecule has 0 aliphatic carbocycles. The minimum Gasteiger partial charge on any atom is -0.493 e. The van der Waals surface area contributed by atoms with E-state index >= 15 is 0 Å². The van der Waals surface area contributed by atoms with Gasteiger partial charge in [-0.3, -0.25) is 19.3 Å². The molecule has 3 aromatic rings. The van der Waals surface area contributed by atoms with Gasteiger partial charge in [-0.25, -0.2) is 0 Å². The number of hydrogen-bond acceptors (Lipinski definition) is 7. The van der Waals surface area contributed by atoms with Crippen molar-refractivity contribution in [3.05, 3.63) is 65.4 Å². The molecule has 0 aliphatic rings. The predicted molar refractivity (Wildman–Crippen MR) is 167 cm³/mol. The molecule has 0 saturated heterocycles. The Hall–Kier alpha value is -4.34. The lowest BCUT2D eigenvalue weighted by Crippen LogP contribution is -2.50. The monoisotopic (exact) mass is 592 g/mol. The number of rotatable bonds is 14. The molecule has 0 aliphatic heterocycles. The van der Waals surface area contributed by atoms with Crippen LogP contribution >= 0.6 is 0 Å². The van der Waals surface area contributed by atoms with Crippen molar-refractivity contribution in [1.82, 2.24) is 10.5 Å². The van der Waals surface area contributed by atoms with Crippen molar-refractivity contribution in [3.63, 3.8) is 0 Å². The highest BCUT2D eigenvalue weighted by atomic mass is 16.5. The smallest absolute Gasteiger partial charge is 0.248 e. The number of para-hydroxylation sites is 1. The molecule has 2 atom stereocenters. The van der Waals surface area contributed by atoms with Crippen LogP contribution in [0.15, 0.2) is 53.1 Å². The first-order valence-corrected chi connectivity index (χ1v) is 14.6. The molecular weight excluding hydrogens is 548 g/mol. The third-order valence-electron chi connectivity index (χ3n) is 7.66. The van der Waals surface area contributed by atoms with Gasteiger partial charge in [-0.15, -0.1) is 0 Å². The quantitative estimate of drug-likeness (QED) is 0.225. The van der Waals surface area contributed by atoms with Crippen molar-refractivity contribution in [2.75, 3.05) is 24.4 Å². The fourth-order valence-electron chi connectivity index (χ4n) is 4.62. The third kappa shape index (κ3) is 8.37. The molecule has 0 radical (unpaired) electrons. The Labute approximate surface area is 254 Å². The summed E-state index contributed by atoms with van der Waals surface area (Å²) in [4.78, 5) is 42.6. The van der Waals surface area contributed by atoms with Crippen LogP contribution < -0.4 is 25.0 Å². The van der Waals surface area contributed by atoms with Gasteiger partial charge in [-0.05, 0) is 63.3 Å². The van der Waals surface area contributed by atoms with E-state index in [4.69, 9.17) is 14.0 Å². The number of anilines is 2. The van der Waals surface area contributed by atoms with Crippen LogP contribution in [0.2, 0.25) is 0 Å². The van der Waals surface area contributed by atoms with Gasteiger partial charge in [0.25, 0.3) is 0 Å². The van der Waals surface area contributed by atoms with E-state index in [1.807, 2.05) is 45.0 Å². The average molecular weight is 593 g/mol.